The average molecular weight is 756 g/mol. The quantitative estimate of drug-likeness (QED) is 0.0652. The molecule has 5 aromatic carbocycles. The van der Waals surface area contributed by atoms with Crippen LogP contribution in [0.25, 0.3) is 17.2 Å². The molecule has 0 fully saturated rings. The highest BCUT2D eigenvalue weighted by Gasteiger charge is 2.27. The molecule has 1 atom stereocenters. The highest BCUT2D eigenvalue weighted by molar-refractivity contribution is 8.00. The normalized spacial score (nSPS) is 11.6. The summed E-state index contributed by atoms with van der Waals surface area (Å²) in [4.78, 5) is 54.5. The summed E-state index contributed by atoms with van der Waals surface area (Å²) in [6.45, 7) is 1.98. The maximum Gasteiger partial charge on any atom is 0.341 e. The van der Waals surface area contributed by atoms with Gasteiger partial charge in [0.2, 0.25) is 5.91 Å². The number of hydrogen-bond acceptors (Lipinski definition) is 7. The Morgan fingerprint density at radius 3 is 2.19 bits per heavy atom. The van der Waals surface area contributed by atoms with E-state index in [1.54, 1.807) is 60.7 Å². The van der Waals surface area contributed by atoms with Gasteiger partial charge in [0, 0.05) is 32.7 Å². The fourth-order valence-corrected chi connectivity index (χ4v) is 7.49. The molecule has 8 nitrogen and oxygen atoms in total. The summed E-state index contributed by atoms with van der Waals surface area (Å²) in [5, 5.41) is 9.81. The van der Waals surface area contributed by atoms with Crippen molar-refractivity contribution in [2.75, 3.05) is 17.7 Å². The summed E-state index contributed by atoms with van der Waals surface area (Å²) >= 11 is 2.48. The third-order valence-corrected chi connectivity index (χ3v) is 10.3. The van der Waals surface area contributed by atoms with Crippen LogP contribution in [-0.4, -0.2) is 30.8 Å². The molecule has 11 heteroatoms. The summed E-state index contributed by atoms with van der Waals surface area (Å²) in [5.74, 6) is -2.73. The fourth-order valence-electron chi connectivity index (χ4n) is 5.45. The van der Waals surface area contributed by atoms with Crippen LogP contribution < -0.4 is 16.0 Å². The van der Waals surface area contributed by atoms with E-state index < -0.39 is 28.9 Å². The van der Waals surface area contributed by atoms with E-state index in [0.717, 1.165) is 11.1 Å². The molecule has 1 heterocycles. The summed E-state index contributed by atoms with van der Waals surface area (Å²) in [7, 11) is 1.30. The van der Waals surface area contributed by atoms with Crippen molar-refractivity contribution < 1.29 is 28.3 Å². The van der Waals surface area contributed by atoms with Crippen LogP contribution in [0, 0.1) is 12.7 Å². The average Bonchev–Trinajstić information content (AvgIpc) is 3.61. The van der Waals surface area contributed by atoms with Crippen LogP contribution in [0.4, 0.5) is 15.1 Å². The first kappa shape index (κ1) is 37.5. The van der Waals surface area contributed by atoms with Crippen molar-refractivity contribution in [3.63, 3.8) is 0 Å². The predicted octanol–water partition coefficient (Wildman–Crippen LogP) is 9.53. The second-order valence-corrected chi connectivity index (χ2v) is 14.0. The van der Waals surface area contributed by atoms with Crippen LogP contribution >= 0.6 is 23.1 Å². The molecule has 0 saturated carbocycles. The van der Waals surface area contributed by atoms with Crippen molar-refractivity contribution in [3.05, 3.63) is 178 Å². The number of halogens is 1. The zero-order valence-electron chi connectivity index (χ0n) is 29.2. The molecule has 0 radical (unpaired) electrons. The molecule has 6 rings (SSSR count). The van der Waals surface area contributed by atoms with Crippen LogP contribution in [0.5, 0.6) is 0 Å². The van der Waals surface area contributed by atoms with Gasteiger partial charge >= 0.3 is 5.97 Å². The lowest BCUT2D eigenvalue weighted by atomic mass is 10.0. The lowest BCUT2D eigenvalue weighted by Crippen LogP contribution is -2.30. The molecule has 1 aromatic heterocycles. The number of amides is 3. The van der Waals surface area contributed by atoms with Crippen LogP contribution in [0.3, 0.4) is 0 Å². The van der Waals surface area contributed by atoms with E-state index in [9.17, 15) is 23.6 Å². The van der Waals surface area contributed by atoms with Crippen molar-refractivity contribution in [1.29, 1.82) is 0 Å². The maximum absolute atomic E-state index is 14.6. The Balaban J connectivity index is 1.26. The molecule has 0 aliphatic carbocycles. The lowest BCUT2D eigenvalue weighted by molar-refractivity contribution is -0.116. The number of carbonyl (C=O) groups excluding carboxylic acids is 4. The Labute approximate surface area is 320 Å². The first-order valence-corrected chi connectivity index (χ1v) is 18.5. The molecular weight excluding hydrogens is 722 g/mol. The Bertz CT molecular complexity index is 2330. The third kappa shape index (κ3) is 9.19. The summed E-state index contributed by atoms with van der Waals surface area (Å²) in [5.41, 5.74) is 4.15. The number of thiophene rings is 1. The highest BCUT2D eigenvalue weighted by atomic mass is 32.2. The van der Waals surface area contributed by atoms with E-state index in [4.69, 9.17) is 4.74 Å². The zero-order chi connectivity index (χ0) is 38.0. The van der Waals surface area contributed by atoms with Crippen molar-refractivity contribution in [3.8, 4) is 11.1 Å². The van der Waals surface area contributed by atoms with Gasteiger partial charge < -0.3 is 20.7 Å². The Morgan fingerprint density at radius 1 is 0.796 bits per heavy atom. The van der Waals surface area contributed by atoms with Gasteiger partial charge in [-0.05, 0) is 60.5 Å². The van der Waals surface area contributed by atoms with Gasteiger partial charge in [-0.25, -0.2) is 9.18 Å². The van der Waals surface area contributed by atoms with Gasteiger partial charge in [-0.3, -0.25) is 14.4 Å². The smallest absolute Gasteiger partial charge is 0.341 e. The van der Waals surface area contributed by atoms with Gasteiger partial charge in [0.05, 0.1) is 7.11 Å². The summed E-state index contributed by atoms with van der Waals surface area (Å²) in [6.07, 6.45) is 1.28. The van der Waals surface area contributed by atoms with Crippen LogP contribution in [-0.2, 0) is 14.3 Å². The molecule has 6 aromatic rings. The monoisotopic (exact) mass is 755 g/mol. The Kier molecular flexibility index (Phi) is 12.1. The fraction of sp³-hybridized carbons (Fsp3) is 0.0698. The van der Waals surface area contributed by atoms with E-state index in [1.807, 2.05) is 66.9 Å². The molecule has 1 unspecified atom stereocenters. The molecule has 0 bridgehead atoms. The zero-order valence-corrected chi connectivity index (χ0v) is 30.8. The second-order valence-electron chi connectivity index (χ2n) is 12.0. The van der Waals surface area contributed by atoms with Gasteiger partial charge in [-0.2, -0.15) is 0 Å². The molecule has 0 saturated heterocycles. The van der Waals surface area contributed by atoms with E-state index in [2.05, 4.69) is 16.0 Å². The van der Waals surface area contributed by atoms with Crippen LogP contribution in [0.2, 0.25) is 0 Å². The highest BCUT2D eigenvalue weighted by Crippen LogP contribution is 2.40. The number of hydrogen-bond donors (Lipinski definition) is 3. The Morgan fingerprint density at radius 2 is 1.48 bits per heavy atom. The van der Waals surface area contributed by atoms with Crippen molar-refractivity contribution in [2.45, 2.75) is 17.1 Å². The number of ether oxygens (including phenoxy) is 1. The van der Waals surface area contributed by atoms with E-state index in [1.165, 1.54) is 54.5 Å². The molecular formula is C43H34FN3O5S2. The standard InChI is InChI=1S/C43H34FN3O5S2/c1-27-20-22-28(23-21-27)34-26-53-42(37(34)43(51)52-2)47-41(50)38(29-12-5-3-6-13-29)54-33-18-11-17-32(25-33)45-40(49)36(24-31-16-9-10-19-35(31)44)46-39(48)30-14-7-4-8-15-30/h3-26,38H,1-2H3,(H,45,49)(H,46,48)(H,47,50)/b36-24-. The minimum absolute atomic E-state index is 0.115. The summed E-state index contributed by atoms with van der Waals surface area (Å²) < 4.78 is 19.8. The van der Waals surface area contributed by atoms with Gasteiger partial charge in [0.15, 0.2) is 0 Å². The van der Waals surface area contributed by atoms with Gasteiger partial charge in [0.1, 0.15) is 27.3 Å². The molecule has 0 spiro atoms. The molecule has 0 aliphatic heterocycles. The predicted molar refractivity (Wildman–Crippen MR) is 213 cm³/mol. The number of rotatable bonds is 12. The number of esters is 1. The minimum atomic E-state index is -0.769. The second kappa shape index (κ2) is 17.5. The Hall–Kier alpha value is -6.30. The van der Waals surface area contributed by atoms with Gasteiger partial charge in [-0.1, -0.05) is 103 Å². The topological polar surface area (TPSA) is 114 Å². The summed E-state index contributed by atoms with van der Waals surface area (Å²) in [6, 6.07) is 38.1. The first-order valence-electron chi connectivity index (χ1n) is 16.7. The van der Waals surface area contributed by atoms with Crippen LogP contribution in [0.1, 0.15) is 42.7 Å². The van der Waals surface area contributed by atoms with Crippen molar-refractivity contribution in [2.24, 2.45) is 0 Å². The minimum Gasteiger partial charge on any atom is -0.465 e. The van der Waals surface area contributed by atoms with Crippen LogP contribution in [0.15, 0.2) is 149 Å². The molecule has 3 amide bonds. The number of anilines is 2. The number of carbonyl (C=O) groups is 4. The number of thioether (sulfide) groups is 1. The maximum atomic E-state index is 14.6. The van der Waals surface area contributed by atoms with E-state index >= 15 is 0 Å². The molecule has 270 valence electrons. The van der Waals surface area contributed by atoms with E-state index in [-0.39, 0.29) is 22.7 Å². The van der Waals surface area contributed by atoms with Gasteiger partial charge in [-0.15, -0.1) is 23.1 Å². The number of aryl methyl sites for hydroxylation is 1. The molecule has 54 heavy (non-hydrogen) atoms. The van der Waals surface area contributed by atoms with E-state index in [0.29, 0.717) is 32.3 Å². The third-order valence-electron chi connectivity index (χ3n) is 8.20. The number of benzene rings is 5. The molecule has 3 N–H and O–H groups in total. The first-order chi connectivity index (χ1) is 26.2. The lowest BCUT2D eigenvalue weighted by Gasteiger charge is -2.18. The number of nitrogens with one attached hydrogen (secondary N) is 3. The van der Waals surface area contributed by atoms with Crippen molar-refractivity contribution >= 4 is 63.6 Å². The SMILES string of the molecule is COC(=O)c1c(-c2ccc(C)cc2)csc1NC(=O)C(Sc1cccc(NC(=O)/C(=C/c2ccccc2F)NC(=O)c2ccccc2)c1)c1ccccc1. The number of methoxy groups -OCH3 is 1. The van der Waals surface area contributed by atoms with Crippen molar-refractivity contribution in [1.82, 2.24) is 5.32 Å². The largest absolute Gasteiger partial charge is 0.465 e. The van der Waals surface area contributed by atoms with Gasteiger partial charge in [0.25, 0.3) is 11.8 Å². The molecule has 0 aliphatic rings.